The molecule has 2 amide bonds. The quantitative estimate of drug-likeness (QED) is 0.599. The second-order valence-corrected chi connectivity index (χ2v) is 6.97. The van der Waals surface area contributed by atoms with Crippen molar-refractivity contribution >= 4 is 36.6 Å². The minimum Gasteiger partial charge on any atom is -0.369 e. The van der Waals surface area contributed by atoms with Crippen LogP contribution in [-0.2, 0) is 22.7 Å². The van der Waals surface area contributed by atoms with Gasteiger partial charge in [-0.2, -0.15) is 0 Å². The maximum atomic E-state index is 12.0. The molecule has 0 radical (unpaired) electrons. The fourth-order valence-corrected chi connectivity index (χ4v) is 3.29. The number of piperidine rings is 1. The molecule has 1 fully saturated rings. The number of likely N-dealkylation sites (tertiary alicyclic amines) is 1. The summed E-state index contributed by atoms with van der Waals surface area (Å²) in [6.07, 6.45) is 1.90. The number of amides is 2. The zero-order valence-corrected chi connectivity index (χ0v) is 17.7. The van der Waals surface area contributed by atoms with E-state index in [0.29, 0.717) is 13.1 Å². The van der Waals surface area contributed by atoms with E-state index < -0.39 is 0 Å². The van der Waals surface area contributed by atoms with Crippen LogP contribution in [0.25, 0.3) is 0 Å². The van der Waals surface area contributed by atoms with Crippen LogP contribution in [0, 0.1) is 11.8 Å². The molecule has 6 nitrogen and oxygen atoms in total. The van der Waals surface area contributed by atoms with Gasteiger partial charge in [0.15, 0.2) is 0 Å². The lowest BCUT2D eigenvalue weighted by atomic mass is 9.97. The van der Waals surface area contributed by atoms with E-state index in [-0.39, 0.29) is 48.5 Å². The molecule has 8 heteroatoms. The van der Waals surface area contributed by atoms with E-state index in [9.17, 15) is 9.59 Å². The standard InChI is InChI=1S/C19H30N4O2.2ClH/c1-14(10-21-2)19(25)22-11-15-5-3-6-16(9-15)12-23-8-4-7-17(13-23)18(20)24;;/h3,5-6,9,14,17,21H,4,7-8,10-13H2,1-2H3,(H2,20,24)(H,22,25);2*1H. The molecule has 1 aromatic carbocycles. The smallest absolute Gasteiger partial charge is 0.224 e. The van der Waals surface area contributed by atoms with Gasteiger partial charge in [0.25, 0.3) is 0 Å². The summed E-state index contributed by atoms with van der Waals surface area (Å²) in [5.74, 6) is -0.228. The zero-order chi connectivity index (χ0) is 18.2. The molecule has 0 spiro atoms. The Morgan fingerprint density at radius 2 is 2.00 bits per heavy atom. The SMILES string of the molecule is CNCC(C)C(=O)NCc1cccc(CN2CCCC(C(N)=O)C2)c1.Cl.Cl. The van der Waals surface area contributed by atoms with Crippen LogP contribution in [0.4, 0.5) is 0 Å². The first-order chi connectivity index (χ1) is 12.0. The van der Waals surface area contributed by atoms with Crippen LogP contribution < -0.4 is 16.4 Å². The average Bonchev–Trinajstić information content (AvgIpc) is 2.60. The number of primary amides is 1. The van der Waals surface area contributed by atoms with Gasteiger partial charge in [0.05, 0.1) is 5.92 Å². The monoisotopic (exact) mass is 418 g/mol. The summed E-state index contributed by atoms with van der Waals surface area (Å²) in [5.41, 5.74) is 7.73. The van der Waals surface area contributed by atoms with Crippen LogP contribution >= 0.6 is 24.8 Å². The molecule has 2 rings (SSSR count). The van der Waals surface area contributed by atoms with Crippen molar-refractivity contribution in [2.75, 3.05) is 26.7 Å². The fraction of sp³-hybridized carbons (Fsp3) is 0.579. The van der Waals surface area contributed by atoms with Crippen molar-refractivity contribution in [1.82, 2.24) is 15.5 Å². The lowest BCUT2D eigenvalue weighted by molar-refractivity contribution is -0.124. The normalized spacial score (nSPS) is 17.9. The average molecular weight is 419 g/mol. The number of benzene rings is 1. The summed E-state index contributed by atoms with van der Waals surface area (Å²) in [5, 5.41) is 6.00. The number of nitrogens with zero attached hydrogens (tertiary/aromatic N) is 1. The topological polar surface area (TPSA) is 87.5 Å². The Morgan fingerprint density at radius 3 is 2.67 bits per heavy atom. The molecule has 2 unspecified atom stereocenters. The van der Waals surface area contributed by atoms with Gasteiger partial charge in [0.1, 0.15) is 0 Å². The lowest BCUT2D eigenvalue weighted by Crippen LogP contribution is -2.40. The largest absolute Gasteiger partial charge is 0.369 e. The summed E-state index contributed by atoms with van der Waals surface area (Å²) in [4.78, 5) is 25.7. The van der Waals surface area contributed by atoms with Crippen molar-refractivity contribution in [2.45, 2.75) is 32.9 Å². The molecule has 1 heterocycles. The Hall–Kier alpha value is -1.34. The Morgan fingerprint density at radius 1 is 1.30 bits per heavy atom. The summed E-state index contributed by atoms with van der Waals surface area (Å²) in [6, 6.07) is 8.25. The minimum atomic E-state index is -0.197. The number of rotatable bonds is 8. The van der Waals surface area contributed by atoms with E-state index in [4.69, 9.17) is 5.73 Å². The van der Waals surface area contributed by atoms with Crippen molar-refractivity contribution in [3.8, 4) is 0 Å². The number of carbonyl (C=O) groups is 2. The van der Waals surface area contributed by atoms with E-state index in [0.717, 1.165) is 38.0 Å². The van der Waals surface area contributed by atoms with Gasteiger partial charge in [-0.15, -0.1) is 24.8 Å². The van der Waals surface area contributed by atoms with E-state index in [1.165, 1.54) is 5.56 Å². The van der Waals surface area contributed by atoms with Gasteiger partial charge in [-0.25, -0.2) is 0 Å². The fourth-order valence-electron chi connectivity index (χ4n) is 3.29. The first-order valence-corrected chi connectivity index (χ1v) is 9.01. The van der Waals surface area contributed by atoms with Crippen LogP contribution in [0.15, 0.2) is 24.3 Å². The van der Waals surface area contributed by atoms with Gasteiger partial charge >= 0.3 is 0 Å². The lowest BCUT2D eigenvalue weighted by Gasteiger charge is -2.31. The number of nitrogens with two attached hydrogens (primary N) is 1. The predicted molar refractivity (Wildman–Crippen MR) is 113 cm³/mol. The Kier molecular flexibility index (Phi) is 12.3. The molecular weight excluding hydrogens is 387 g/mol. The molecule has 0 aromatic heterocycles. The summed E-state index contributed by atoms with van der Waals surface area (Å²) < 4.78 is 0. The maximum Gasteiger partial charge on any atom is 0.224 e. The number of nitrogens with one attached hydrogen (secondary N) is 2. The van der Waals surface area contributed by atoms with Gasteiger partial charge in [-0.05, 0) is 37.6 Å². The van der Waals surface area contributed by atoms with Crippen LogP contribution in [0.5, 0.6) is 0 Å². The molecule has 1 aliphatic rings. The first kappa shape index (κ1) is 25.7. The van der Waals surface area contributed by atoms with Gasteiger partial charge < -0.3 is 16.4 Å². The number of carbonyl (C=O) groups excluding carboxylic acids is 2. The van der Waals surface area contributed by atoms with Crippen molar-refractivity contribution in [2.24, 2.45) is 17.6 Å². The van der Waals surface area contributed by atoms with E-state index in [1.54, 1.807) is 0 Å². The highest BCUT2D eigenvalue weighted by atomic mass is 35.5. The molecule has 4 N–H and O–H groups in total. The van der Waals surface area contributed by atoms with Gasteiger partial charge in [-0.1, -0.05) is 31.2 Å². The highest BCUT2D eigenvalue weighted by Crippen LogP contribution is 2.18. The first-order valence-electron chi connectivity index (χ1n) is 9.01. The van der Waals surface area contributed by atoms with Crippen LogP contribution in [-0.4, -0.2) is 43.4 Å². The maximum absolute atomic E-state index is 12.0. The molecule has 0 bridgehead atoms. The van der Waals surface area contributed by atoms with Crippen molar-refractivity contribution in [3.63, 3.8) is 0 Å². The van der Waals surface area contributed by atoms with Crippen LogP contribution in [0.2, 0.25) is 0 Å². The van der Waals surface area contributed by atoms with E-state index in [2.05, 4.69) is 27.7 Å². The molecule has 1 saturated heterocycles. The molecule has 1 aromatic rings. The Bertz CT molecular complexity index is 601. The van der Waals surface area contributed by atoms with Crippen molar-refractivity contribution in [1.29, 1.82) is 0 Å². The highest BCUT2D eigenvalue weighted by Gasteiger charge is 2.23. The zero-order valence-electron chi connectivity index (χ0n) is 16.1. The predicted octanol–water partition coefficient (Wildman–Crippen LogP) is 1.70. The molecule has 1 aliphatic heterocycles. The van der Waals surface area contributed by atoms with Crippen LogP contribution in [0.3, 0.4) is 0 Å². The third-order valence-corrected chi connectivity index (χ3v) is 4.73. The second-order valence-electron chi connectivity index (χ2n) is 6.97. The Balaban J connectivity index is 0.00000338. The number of halogens is 2. The van der Waals surface area contributed by atoms with Gasteiger partial charge in [0, 0.05) is 32.1 Å². The van der Waals surface area contributed by atoms with Crippen LogP contribution in [0.1, 0.15) is 30.9 Å². The van der Waals surface area contributed by atoms with Crippen molar-refractivity contribution in [3.05, 3.63) is 35.4 Å². The number of hydrogen-bond acceptors (Lipinski definition) is 4. The van der Waals surface area contributed by atoms with E-state index in [1.807, 2.05) is 26.1 Å². The second kappa shape index (κ2) is 12.9. The molecule has 0 aliphatic carbocycles. The van der Waals surface area contributed by atoms with Gasteiger partial charge in [0.2, 0.25) is 11.8 Å². The van der Waals surface area contributed by atoms with Gasteiger partial charge in [-0.3, -0.25) is 14.5 Å². The van der Waals surface area contributed by atoms with E-state index >= 15 is 0 Å². The summed E-state index contributed by atoms with van der Waals surface area (Å²) >= 11 is 0. The van der Waals surface area contributed by atoms with Crippen molar-refractivity contribution < 1.29 is 9.59 Å². The molecular formula is C19H32Cl2N4O2. The third kappa shape index (κ3) is 8.47. The molecule has 154 valence electrons. The molecule has 0 saturated carbocycles. The molecule has 2 atom stereocenters. The highest BCUT2D eigenvalue weighted by molar-refractivity contribution is 5.85. The third-order valence-electron chi connectivity index (χ3n) is 4.73. The Labute approximate surface area is 174 Å². The number of hydrogen-bond donors (Lipinski definition) is 3. The summed E-state index contributed by atoms with van der Waals surface area (Å²) in [6.45, 7) is 5.64. The molecule has 27 heavy (non-hydrogen) atoms. The summed E-state index contributed by atoms with van der Waals surface area (Å²) in [7, 11) is 1.84. The minimum absolute atomic E-state index is 0.